The van der Waals surface area contributed by atoms with Gasteiger partial charge in [0.15, 0.2) is 11.5 Å². The van der Waals surface area contributed by atoms with Crippen molar-refractivity contribution < 1.29 is 9.47 Å². The predicted molar refractivity (Wildman–Crippen MR) is 80.9 cm³/mol. The molecule has 0 radical (unpaired) electrons. The van der Waals surface area contributed by atoms with Gasteiger partial charge in [0.05, 0.1) is 5.69 Å². The van der Waals surface area contributed by atoms with Crippen molar-refractivity contribution in [3.63, 3.8) is 0 Å². The van der Waals surface area contributed by atoms with E-state index in [9.17, 15) is 0 Å². The first-order valence-electron chi connectivity index (χ1n) is 7.73. The van der Waals surface area contributed by atoms with Gasteiger partial charge in [-0.05, 0) is 25.0 Å². The van der Waals surface area contributed by atoms with Crippen LogP contribution in [0.2, 0.25) is 0 Å². The summed E-state index contributed by atoms with van der Waals surface area (Å²) in [6, 6.07) is 6.78. The summed E-state index contributed by atoms with van der Waals surface area (Å²) in [5, 5.41) is 3.47. The third-order valence-corrected chi connectivity index (χ3v) is 4.25. The zero-order valence-electron chi connectivity index (χ0n) is 12.4. The van der Waals surface area contributed by atoms with E-state index in [1.807, 2.05) is 6.07 Å². The molecule has 0 bridgehead atoms. The van der Waals surface area contributed by atoms with Gasteiger partial charge in [0, 0.05) is 25.7 Å². The molecule has 1 N–H and O–H groups in total. The fraction of sp³-hybridized carbons (Fsp3) is 0.625. The molecule has 2 aliphatic rings. The average Bonchev–Trinajstić information content (AvgIpc) is 2.53. The summed E-state index contributed by atoms with van der Waals surface area (Å²) >= 11 is 0. The Morgan fingerprint density at radius 1 is 1.30 bits per heavy atom. The topological polar surface area (TPSA) is 33.7 Å². The lowest BCUT2D eigenvalue weighted by Crippen LogP contribution is -2.51. The lowest BCUT2D eigenvalue weighted by Gasteiger charge is -2.39. The summed E-state index contributed by atoms with van der Waals surface area (Å²) < 4.78 is 12.0. The number of benzene rings is 1. The first kappa shape index (κ1) is 13.6. The van der Waals surface area contributed by atoms with E-state index >= 15 is 0 Å². The molecular formula is C16H24N2O2. The van der Waals surface area contributed by atoms with Crippen LogP contribution >= 0.6 is 0 Å². The molecule has 2 heterocycles. The van der Waals surface area contributed by atoms with Crippen LogP contribution in [0.15, 0.2) is 18.2 Å². The molecule has 3 rings (SSSR count). The fourth-order valence-corrected chi connectivity index (χ4v) is 3.00. The smallest absolute Gasteiger partial charge is 0.184 e. The number of anilines is 1. The molecule has 1 aromatic carbocycles. The second-order valence-corrected chi connectivity index (χ2v) is 5.52. The molecule has 4 nitrogen and oxygen atoms in total. The quantitative estimate of drug-likeness (QED) is 0.919. The molecule has 0 saturated carbocycles. The molecule has 0 aliphatic carbocycles. The maximum absolute atomic E-state index is 6.02. The van der Waals surface area contributed by atoms with Crippen molar-refractivity contribution in [3.05, 3.63) is 18.2 Å². The maximum Gasteiger partial charge on any atom is 0.184 e. The number of hydrogen-bond donors (Lipinski definition) is 1. The van der Waals surface area contributed by atoms with Crippen LogP contribution in [-0.2, 0) is 0 Å². The Morgan fingerprint density at radius 2 is 2.20 bits per heavy atom. The summed E-state index contributed by atoms with van der Waals surface area (Å²) in [5.74, 6) is 1.83. The van der Waals surface area contributed by atoms with Gasteiger partial charge in [-0.3, -0.25) is 0 Å². The normalized spacial score (nSPS) is 25.6. The molecule has 2 aliphatic heterocycles. The molecule has 0 amide bonds. The van der Waals surface area contributed by atoms with Crippen LogP contribution in [0.25, 0.3) is 0 Å². The first-order valence-corrected chi connectivity index (χ1v) is 7.73. The van der Waals surface area contributed by atoms with Crippen molar-refractivity contribution in [1.29, 1.82) is 0 Å². The highest BCUT2D eigenvalue weighted by atomic mass is 16.6. The van der Waals surface area contributed by atoms with Crippen LogP contribution in [0.5, 0.6) is 11.5 Å². The number of nitrogens with zero attached hydrogens (tertiary/aromatic N) is 1. The Hall–Kier alpha value is -1.42. The number of para-hydroxylation sites is 1. The summed E-state index contributed by atoms with van der Waals surface area (Å²) in [7, 11) is 0. The van der Waals surface area contributed by atoms with Crippen LogP contribution in [0.1, 0.15) is 26.7 Å². The second kappa shape index (κ2) is 5.92. The SMILES string of the molecule is CCC1COc2c(cccc2N2CCNCC2CC)O1. The van der Waals surface area contributed by atoms with Gasteiger partial charge in [0.1, 0.15) is 12.7 Å². The van der Waals surface area contributed by atoms with Crippen molar-refractivity contribution in [2.75, 3.05) is 31.1 Å². The van der Waals surface area contributed by atoms with Crippen molar-refractivity contribution in [2.45, 2.75) is 38.8 Å². The molecule has 2 atom stereocenters. The highest BCUT2D eigenvalue weighted by molar-refractivity contribution is 5.66. The molecular weight excluding hydrogens is 252 g/mol. The molecule has 2 unspecified atom stereocenters. The fourth-order valence-electron chi connectivity index (χ4n) is 3.00. The van der Waals surface area contributed by atoms with Gasteiger partial charge in [-0.1, -0.05) is 19.9 Å². The van der Waals surface area contributed by atoms with E-state index in [4.69, 9.17) is 9.47 Å². The van der Waals surface area contributed by atoms with Crippen molar-refractivity contribution in [3.8, 4) is 11.5 Å². The highest BCUT2D eigenvalue weighted by Crippen LogP contribution is 2.41. The number of ether oxygens (including phenoxy) is 2. The third kappa shape index (κ3) is 2.44. The first-order chi connectivity index (χ1) is 9.83. The number of piperazine rings is 1. The molecule has 110 valence electrons. The number of rotatable bonds is 3. The molecule has 1 saturated heterocycles. The Bertz CT molecular complexity index is 464. The monoisotopic (exact) mass is 276 g/mol. The lowest BCUT2D eigenvalue weighted by atomic mass is 10.1. The van der Waals surface area contributed by atoms with E-state index in [-0.39, 0.29) is 6.10 Å². The standard InChI is InChI=1S/C16H24N2O2/c1-3-12-10-17-8-9-18(12)14-6-5-7-15-16(14)19-11-13(4-2)20-15/h5-7,12-13,17H,3-4,8-11H2,1-2H3. The van der Waals surface area contributed by atoms with Crippen LogP contribution < -0.4 is 19.7 Å². The Morgan fingerprint density at radius 3 is 3.00 bits per heavy atom. The zero-order chi connectivity index (χ0) is 13.9. The summed E-state index contributed by atoms with van der Waals surface area (Å²) in [6.07, 6.45) is 2.30. The zero-order valence-corrected chi connectivity index (χ0v) is 12.4. The molecule has 0 aromatic heterocycles. The molecule has 0 spiro atoms. The lowest BCUT2D eigenvalue weighted by molar-refractivity contribution is 0.0887. The molecule has 1 fully saturated rings. The molecule has 1 aromatic rings. The Balaban J connectivity index is 1.90. The maximum atomic E-state index is 6.02. The van der Waals surface area contributed by atoms with Gasteiger partial charge in [-0.25, -0.2) is 0 Å². The molecule has 20 heavy (non-hydrogen) atoms. The van der Waals surface area contributed by atoms with Gasteiger partial charge in [0.25, 0.3) is 0 Å². The number of hydrogen-bond acceptors (Lipinski definition) is 4. The minimum absolute atomic E-state index is 0.183. The van der Waals surface area contributed by atoms with Crippen LogP contribution in [0.4, 0.5) is 5.69 Å². The van der Waals surface area contributed by atoms with E-state index < -0.39 is 0 Å². The molecule has 4 heteroatoms. The third-order valence-electron chi connectivity index (χ3n) is 4.25. The van der Waals surface area contributed by atoms with Crippen LogP contribution in [-0.4, -0.2) is 38.4 Å². The predicted octanol–water partition coefficient (Wildman–Crippen LogP) is 2.42. The Kier molecular flexibility index (Phi) is 4.01. The van der Waals surface area contributed by atoms with Gasteiger partial charge < -0.3 is 19.7 Å². The van der Waals surface area contributed by atoms with Crippen LogP contribution in [0, 0.1) is 0 Å². The largest absolute Gasteiger partial charge is 0.484 e. The van der Waals surface area contributed by atoms with E-state index in [1.165, 1.54) is 5.69 Å². The van der Waals surface area contributed by atoms with Crippen LogP contribution in [0.3, 0.4) is 0 Å². The van der Waals surface area contributed by atoms with Gasteiger partial charge in [-0.2, -0.15) is 0 Å². The van der Waals surface area contributed by atoms with Crippen molar-refractivity contribution in [2.24, 2.45) is 0 Å². The summed E-state index contributed by atoms with van der Waals surface area (Å²) in [4.78, 5) is 2.46. The minimum Gasteiger partial charge on any atom is -0.484 e. The average molecular weight is 276 g/mol. The number of fused-ring (bicyclic) bond motifs is 1. The van der Waals surface area contributed by atoms with Crippen molar-refractivity contribution >= 4 is 5.69 Å². The highest BCUT2D eigenvalue weighted by Gasteiger charge is 2.28. The van der Waals surface area contributed by atoms with E-state index in [0.717, 1.165) is 44.0 Å². The minimum atomic E-state index is 0.183. The summed E-state index contributed by atoms with van der Waals surface area (Å²) in [5.41, 5.74) is 1.19. The van der Waals surface area contributed by atoms with Gasteiger partial charge in [-0.15, -0.1) is 0 Å². The van der Waals surface area contributed by atoms with Gasteiger partial charge >= 0.3 is 0 Å². The van der Waals surface area contributed by atoms with E-state index in [2.05, 4.69) is 36.2 Å². The van der Waals surface area contributed by atoms with E-state index in [1.54, 1.807) is 0 Å². The number of nitrogens with one attached hydrogen (secondary N) is 1. The Labute approximate surface area is 121 Å². The van der Waals surface area contributed by atoms with E-state index in [0.29, 0.717) is 12.6 Å². The van der Waals surface area contributed by atoms with Crippen molar-refractivity contribution in [1.82, 2.24) is 5.32 Å². The second-order valence-electron chi connectivity index (χ2n) is 5.52. The van der Waals surface area contributed by atoms with Gasteiger partial charge in [0.2, 0.25) is 0 Å². The summed E-state index contributed by atoms with van der Waals surface area (Å²) in [6.45, 7) is 8.12.